The van der Waals surface area contributed by atoms with Crippen molar-refractivity contribution in [1.82, 2.24) is 15.0 Å². The van der Waals surface area contributed by atoms with Gasteiger partial charge in [-0.25, -0.2) is 0 Å². The SMILES string of the molecule is OCCC1CCCCN1Cc1nc(-c2ccc(Br)s2)no1. The van der Waals surface area contributed by atoms with Crippen LogP contribution in [0.2, 0.25) is 0 Å². The Kier molecular flexibility index (Phi) is 5.05. The predicted octanol–water partition coefficient (Wildman–Crippen LogP) is 3.30. The molecule has 1 aliphatic heterocycles. The van der Waals surface area contributed by atoms with E-state index in [0.717, 1.165) is 28.0 Å². The predicted molar refractivity (Wildman–Crippen MR) is 85.1 cm³/mol. The zero-order chi connectivity index (χ0) is 14.7. The Morgan fingerprint density at radius 1 is 1.43 bits per heavy atom. The van der Waals surface area contributed by atoms with E-state index in [-0.39, 0.29) is 6.61 Å². The molecule has 1 saturated heterocycles. The largest absolute Gasteiger partial charge is 0.396 e. The highest BCUT2D eigenvalue weighted by Crippen LogP contribution is 2.29. The van der Waals surface area contributed by atoms with Gasteiger partial charge in [0.2, 0.25) is 11.7 Å². The Morgan fingerprint density at radius 2 is 2.33 bits per heavy atom. The van der Waals surface area contributed by atoms with Crippen molar-refractivity contribution in [3.63, 3.8) is 0 Å². The lowest BCUT2D eigenvalue weighted by Crippen LogP contribution is -2.39. The first-order chi connectivity index (χ1) is 10.3. The van der Waals surface area contributed by atoms with Crippen LogP contribution in [0.5, 0.6) is 0 Å². The molecule has 0 bridgehead atoms. The summed E-state index contributed by atoms with van der Waals surface area (Å²) in [5, 5.41) is 13.2. The molecule has 0 saturated carbocycles. The number of likely N-dealkylation sites (tertiary alicyclic amines) is 1. The lowest BCUT2D eigenvalue weighted by atomic mass is 10.00. The minimum atomic E-state index is 0.236. The molecule has 1 unspecified atom stereocenters. The molecule has 0 amide bonds. The molecular formula is C14H18BrN3O2S. The van der Waals surface area contributed by atoms with Crippen LogP contribution in [0.15, 0.2) is 20.4 Å². The number of thiophene rings is 1. The summed E-state index contributed by atoms with van der Waals surface area (Å²) < 4.78 is 6.44. The minimum absolute atomic E-state index is 0.236. The summed E-state index contributed by atoms with van der Waals surface area (Å²) in [7, 11) is 0. The number of aliphatic hydroxyl groups excluding tert-OH is 1. The van der Waals surface area contributed by atoms with E-state index >= 15 is 0 Å². The van der Waals surface area contributed by atoms with Gasteiger partial charge in [0.25, 0.3) is 0 Å². The summed E-state index contributed by atoms with van der Waals surface area (Å²) in [6.45, 7) is 1.94. The van der Waals surface area contributed by atoms with Crippen LogP contribution < -0.4 is 0 Å². The lowest BCUT2D eigenvalue weighted by Gasteiger charge is -2.34. The zero-order valence-electron chi connectivity index (χ0n) is 11.7. The van der Waals surface area contributed by atoms with Gasteiger partial charge in [-0.05, 0) is 53.9 Å². The van der Waals surface area contributed by atoms with Crippen molar-refractivity contribution in [2.45, 2.75) is 38.3 Å². The van der Waals surface area contributed by atoms with Gasteiger partial charge in [-0.1, -0.05) is 11.6 Å². The molecule has 7 heteroatoms. The van der Waals surface area contributed by atoms with Crippen LogP contribution in [0.3, 0.4) is 0 Å². The van der Waals surface area contributed by atoms with Gasteiger partial charge >= 0.3 is 0 Å². The molecule has 0 aliphatic carbocycles. The van der Waals surface area contributed by atoms with E-state index in [2.05, 4.69) is 31.0 Å². The van der Waals surface area contributed by atoms with Gasteiger partial charge in [0.1, 0.15) is 0 Å². The van der Waals surface area contributed by atoms with E-state index in [9.17, 15) is 5.11 Å². The Bertz CT molecular complexity index is 584. The number of nitrogens with zero attached hydrogens (tertiary/aromatic N) is 3. The van der Waals surface area contributed by atoms with Crippen LogP contribution in [0, 0.1) is 0 Å². The summed E-state index contributed by atoms with van der Waals surface area (Å²) in [5.74, 6) is 1.30. The molecule has 1 fully saturated rings. The summed E-state index contributed by atoms with van der Waals surface area (Å²) in [4.78, 5) is 7.84. The Morgan fingerprint density at radius 3 is 3.10 bits per heavy atom. The maximum Gasteiger partial charge on any atom is 0.241 e. The highest BCUT2D eigenvalue weighted by Gasteiger charge is 2.24. The molecule has 0 radical (unpaired) electrons. The topological polar surface area (TPSA) is 62.4 Å². The van der Waals surface area contributed by atoms with Gasteiger partial charge in [0.05, 0.1) is 15.2 Å². The summed E-state index contributed by atoms with van der Waals surface area (Å²) in [6, 6.07) is 4.39. The van der Waals surface area contributed by atoms with Crippen molar-refractivity contribution in [1.29, 1.82) is 0 Å². The average molecular weight is 372 g/mol. The van der Waals surface area contributed by atoms with Crippen molar-refractivity contribution in [3.05, 3.63) is 21.8 Å². The number of halogens is 1. The van der Waals surface area contributed by atoms with Crippen molar-refractivity contribution in [2.75, 3.05) is 13.2 Å². The maximum absolute atomic E-state index is 9.18. The van der Waals surface area contributed by atoms with Gasteiger partial charge in [-0.15, -0.1) is 11.3 Å². The smallest absolute Gasteiger partial charge is 0.241 e. The third kappa shape index (κ3) is 3.71. The van der Waals surface area contributed by atoms with E-state index in [1.807, 2.05) is 12.1 Å². The number of rotatable bonds is 5. The molecular weight excluding hydrogens is 354 g/mol. The highest BCUT2D eigenvalue weighted by molar-refractivity contribution is 9.11. The second-order valence-electron chi connectivity index (χ2n) is 5.25. The Balaban J connectivity index is 1.68. The normalized spacial score (nSPS) is 20.0. The van der Waals surface area contributed by atoms with Gasteiger partial charge in [0, 0.05) is 12.6 Å². The van der Waals surface area contributed by atoms with E-state index in [4.69, 9.17) is 4.52 Å². The number of piperidine rings is 1. The van der Waals surface area contributed by atoms with Gasteiger partial charge in [-0.3, -0.25) is 4.90 Å². The maximum atomic E-state index is 9.18. The number of aliphatic hydroxyl groups is 1. The van der Waals surface area contributed by atoms with E-state index in [1.54, 1.807) is 11.3 Å². The first kappa shape index (κ1) is 15.1. The first-order valence-corrected chi connectivity index (χ1v) is 8.80. The highest BCUT2D eigenvalue weighted by atomic mass is 79.9. The second kappa shape index (κ2) is 7.00. The van der Waals surface area contributed by atoms with Crippen molar-refractivity contribution in [3.8, 4) is 10.7 Å². The first-order valence-electron chi connectivity index (χ1n) is 7.19. The molecule has 21 heavy (non-hydrogen) atoms. The quantitative estimate of drug-likeness (QED) is 0.873. The molecule has 3 heterocycles. The molecule has 3 rings (SSSR count). The van der Waals surface area contributed by atoms with Crippen LogP contribution in [0.1, 0.15) is 31.6 Å². The molecule has 1 aliphatic rings. The fourth-order valence-corrected chi connectivity index (χ4v) is 4.08. The van der Waals surface area contributed by atoms with E-state index in [1.165, 1.54) is 12.8 Å². The summed E-state index contributed by atoms with van der Waals surface area (Å²) in [6.07, 6.45) is 4.39. The fraction of sp³-hybridized carbons (Fsp3) is 0.571. The van der Waals surface area contributed by atoms with Crippen LogP contribution in [0.25, 0.3) is 10.7 Å². The van der Waals surface area contributed by atoms with Crippen LogP contribution in [-0.2, 0) is 6.54 Å². The van der Waals surface area contributed by atoms with Gasteiger partial charge in [-0.2, -0.15) is 4.98 Å². The summed E-state index contributed by atoms with van der Waals surface area (Å²) >= 11 is 5.04. The van der Waals surface area contributed by atoms with Crippen molar-refractivity contribution >= 4 is 27.3 Å². The lowest BCUT2D eigenvalue weighted by molar-refractivity contribution is 0.100. The Hall–Kier alpha value is -0.760. The second-order valence-corrected chi connectivity index (χ2v) is 7.71. The zero-order valence-corrected chi connectivity index (χ0v) is 14.1. The summed E-state index contributed by atoms with van der Waals surface area (Å²) in [5.41, 5.74) is 0. The van der Waals surface area contributed by atoms with Crippen LogP contribution in [-0.4, -0.2) is 39.3 Å². The van der Waals surface area contributed by atoms with Crippen LogP contribution >= 0.6 is 27.3 Å². The number of hydrogen-bond acceptors (Lipinski definition) is 6. The average Bonchev–Trinajstić information content (AvgIpc) is 3.10. The van der Waals surface area contributed by atoms with Crippen molar-refractivity contribution < 1.29 is 9.63 Å². The monoisotopic (exact) mass is 371 g/mol. The van der Waals surface area contributed by atoms with Crippen molar-refractivity contribution in [2.24, 2.45) is 0 Å². The molecule has 1 atom stereocenters. The van der Waals surface area contributed by atoms with E-state index in [0.29, 0.717) is 24.3 Å². The van der Waals surface area contributed by atoms with Crippen LogP contribution in [0.4, 0.5) is 0 Å². The Labute approximate surface area is 136 Å². The number of hydrogen-bond donors (Lipinski definition) is 1. The molecule has 0 aromatic carbocycles. The molecule has 5 nitrogen and oxygen atoms in total. The third-order valence-corrected chi connectivity index (χ3v) is 5.43. The third-order valence-electron chi connectivity index (χ3n) is 3.81. The minimum Gasteiger partial charge on any atom is -0.396 e. The fourth-order valence-electron chi connectivity index (χ4n) is 2.77. The molecule has 2 aromatic heterocycles. The molecule has 1 N–H and O–H groups in total. The van der Waals surface area contributed by atoms with Gasteiger partial charge in [0.15, 0.2) is 0 Å². The van der Waals surface area contributed by atoms with E-state index < -0.39 is 0 Å². The number of aromatic nitrogens is 2. The van der Waals surface area contributed by atoms with Gasteiger partial charge < -0.3 is 9.63 Å². The standard InChI is InChI=1S/C14H18BrN3O2S/c15-12-5-4-11(21-12)14-16-13(20-17-14)9-18-7-2-1-3-10(18)6-8-19/h4-5,10,19H,1-3,6-9H2. The molecule has 2 aromatic rings. The molecule has 114 valence electrons. The molecule has 0 spiro atoms.